The molecule has 160 valence electrons. The van der Waals surface area contributed by atoms with Crippen LogP contribution in [0.15, 0.2) is 42.5 Å². The molecule has 1 atom stereocenters. The lowest BCUT2D eigenvalue weighted by molar-refractivity contribution is -0.122. The van der Waals surface area contributed by atoms with Crippen molar-refractivity contribution in [1.29, 1.82) is 5.26 Å². The molecule has 0 aliphatic carbocycles. The monoisotopic (exact) mass is 418 g/mol. The third kappa shape index (κ3) is 6.62. The molecule has 1 unspecified atom stereocenters. The highest BCUT2D eigenvalue weighted by atomic mass is 19.3. The van der Waals surface area contributed by atoms with E-state index in [1.165, 1.54) is 13.2 Å². The molecule has 2 aromatic carbocycles. The summed E-state index contributed by atoms with van der Waals surface area (Å²) in [7, 11) is 1.48. The van der Waals surface area contributed by atoms with Gasteiger partial charge in [-0.3, -0.25) is 4.79 Å². The largest absolute Gasteiger partial charge is 0.493 e. The molecule has 0 bridgehead atoms. The number of hydrogen-bond donors (Lipinski definition) is 1. The van der Waals surface area contributed by atoms with Crippen molar-refractivity contribution >= 4 is 5.91 Å². The molecule has 6 nitrogen and oxygen atoms in total. The van der Waals surface area contributed by atoms with Gasteiger partial charge in [0.15, 0.2) is 11.5 Å². The Morgan fingerprint density at radius 3 is 2.60 bits per heavy atom. The molecule has 30 heavy (non-hydrogen) atoms. The van der Waals surface area contributed by atoms with Crippen molar-refractivity contribution in [3.63, 3.8) is 0 Å². The van der Waals surface area contributed by atoms with Crippen LogP contribution in [-0.2, 0) is 4.79 Å². The number of nitrogens with zero attached hydrogens (tertiary/aromatic N) is 1. The minimum Gasteiger partial charge on any atom is -0.493 e. The lowest BCUT2D eigenvalue weighted by atomic mass is 10.0. The molecular weight excluding hydrogens is 394 g/mol. The van der Waals surface area contributed by atoms with Crippen molar-refractivity contribution < 1.29 is 27.8 Å². The van der Waals surface area contributed by atoms with Crippen LogP contribution in [0.25, 0.3) is 0 Å². The molecule has 1 N–H and O–H groups in total. The van der Waals surface area contributed by atoms with E-state index in [1.54, 1.807) is 36.4 Å². The zero-order chi connectivity index (χ0) is 21.9. The number of carbonyl (C=O) groups is 1. The van der Waals surface area contributed by atoms with Crippen molar-refractivity contribution in [2.24, 2.45) is 0 Å². The topological polar surface area (TPSA) is 80.6 Å². The quantitative estimate of drug-likeness (QED) is 0.540. The zero-order valence-corrected chi connectivity index (χ0v) is 16.9. The molecule has 0 spiro atoms. The fourth-order valence-electron chi connectivity index (χ4n) is 2.91. The molecule has 0 saturated heterocycles. The first kappa shape index (κ1) is 22.9. The maximum Gasteiger partial charge on any atom is 0.387 e. The Kier molecular flexibility index (Phi) is 8.88. The number of nitriles is 1. The summed E-state index contributed by atoms with van der Waals surface area (Å²) in [5, 5.41) is 11.8. The molecule has 2 aromatic rings. The summed E-state index contributed by atoms with van der Waals surface area (Å²) in [5.74, 6) is 0.765. The van der Waals surface area contributed by atoms with Crippen molar-refractivity contribution in [3.8, 4) is 23.3 Å². The van der Waals surface area contributed by atoms with Crippen LogP contribution in [0.3, 0.4) is 0 Å². The summed E-state index contributed by atoms with van der Waals surface area (Å²) in [6.45, 7) is -0.808. The fourth-order valence-corrected chi connectivity index (χ4v) is 2.91. The van der Waals surface area contributed by atoms with E-state index >= 15 is 0 Å². The van der Waals surface area contributed by atoms with Gasteiger partial charge in [0, 0.05) is 18.1 Å². The Labute approximate surface area is 174 Å². The van der Waals surface area contributed by atoms with Crippen LogP contribution in [0.1, 0.15) is 43.4 Å². The van der Waals surface area contributed by atoms with Gasteiger partial charge in [-0.1, -0.05) is 25.1 Å². The van der Waals surface area contributed by atoms with E-state index in [1.807, 2.05) is 13.0 Å². The van der Waals surface area contributed by atoms with E-state index in [0.29, 0.717) is 35.5 Å². The average molecular weight is 418 g/mol. The van der Waals surface area contributed by atoms with Gasteiger partial charge in [-0.2, -0.15) is 14.0 Å². The number of methoxy groups -OCH3 is 1. The van der Waals surface area contributed by atoms with Gasteiger partial charge < -0.3 is 19.5 Å². The van der Waals surface area contributed by atoms with E-state index in [9.17, 15) is 13.6 Å². The van der Waals surface area contributed by atoms with Gasteiger partial charge in [-0.15, -0.1) is 0 Å². The molecule has 0 aromatic heterocycles. The zero-order valence-electron chi connectivity index (χ0n) is 16.9. The average Bonchev–Trinajstić information content (AvgIpc) is 2.75. The number of benzene rings is 2. The highest BCUT2D eigenvalue weighted by Gasteiger charge is 2.18. The van der Waals surface area contributed by atoms with E-state index in [2.05, 4.69) is 10.1 Å². The first-order valence-corrected chi connectivity index (χ1v) is 9.52. The summed E-state index contributed by atoms with van der Waals surface area (Å²) in [5.41, 5.74) is 0.965. The fraction of sp³-hybridized carbons (Fsp3) is 0.364. The van der Waals surface area contributed by atoms with Gasteiger partial charge in [0.1, 0.15) is 5.75 Å². The molecule has 0 radical (unpaired) electrons. The normalized spacial score (nSPS) is 11.5. The molecule has 0 heterocycles. The van der Waals surface area contributed by atoms with Crippen LogP contribution in [0.2, 0.25) is 0 Å². The second-order valence-corrected chi connectivity index (χ2v) is 6.37. The van der Waals surface area contributed by atoms with Crippen LogP contribution in [0.5, 0.6) is 17.2 Å². The Hall–Kier alpha value is -3.34. The number of ether oxygens (including phenoxy) is 3. The minimum atomic E-state index is -2.93. The first-order valence-electron chi connectivity index (χ1n) is 9.52. The lowest BCUT2D eigenvalue weighted by Crippen LogP contribution is -2.28. The summed E-state index contributed by atoms with van der Waals surface area (Å²) in [6.07, 6.45) is 1.17. The molecule has 8 heteroatoms. The molecular formula is C22H24F2N2O4. The lowest BCUT2D eigenvalue weighted by Gasteiger charge is -2.20. The molecule has 0 saturated carbocycles. The van der Waals surface area contributed by atoms with E-state index in [0.717, 1.165) is 0 Å². The van der Waals surface area contributed by atoms with Gasteiger partial charge in [-0.05, 0) is 31.0 Å². The minimum absolute atomic E-state index is 0.0518. The third-order valence-electron chi connectivity index (χ3n) is 4.35. The highest BCUT2D eigenvalue weighted by molar-refractivity contribution is 5.76. The first-order chi connectivity index (χ1) is 14.5. The van der Waals surface area contributed by atoms with E-state index in [-0.39, 0.29) is 24.7 Å². The Balaban J connectivity index is 1.88. The van der Waals surface area contributed by atoms with Crippen molar-refractivity contribution in [2.45, 2.75) is 38.8 Å². The number of halogens is 2. The maximum atomic E-state index is 12.6. The Morgan fingerprint density at radius 1 is 1.17 bits per heavy atom. The summed E-state index contributed by atoms with van der Waals surface area (Å²) in [4.78, 5) is 12.3. The van der Waals surface area contributed by atoms with Gasteiger partial charge in [0.05, 0.1) is 31.4 Å². The second-order valence-electron chi connectivity index (χ2n) is 6.37. The van der Waals surface area contributed by atoms with Crippen LogP contribution in [-0.4, -0.2) is 26.2 Å². The van der Waals surface area contributed by atoms with Crippen molar-refractivity contribution in [3.05, 3.63) is 53.6 Å². The highest BCUT2D eigenvalue weighted by Crippen LogP contribution is 2.29. The Bertz CT molecular complexity index is 884. The van der Waals surface area contributed by atoms with Crippen LogP contribution < -0.4 is 19.5 Å². The number of nitrogens with one attached hydrogen (secondary N) is 1. The predicted molar refractivity (Wildman–Crippen MR) is 107 cm³/mol. The number of hydrogen-bond acceptors (Lipinski definition) is 5. The molecule has 2 rings (SSSR count). The van der Waals surface area contributed by atoms with E-state index in [4.69, 9.17) is 14.7 Å². The second kappa shape index (κ2) is 11.6. The number of rotatable bonds is 11. The summed E-state index contributed by atoms with van der Waals surface area (Å²) in [6, 6.07) is 12.8. The molecule has 0 fully saturated rings. The summed E-state index contributed by atoms with van der Waals surface area (Å²) >= 11 is 0. The number of carbonyl (C=O) groups excluding carboxylic acids is 1. The maximum absolute atomic E-state index is 12.6. The van der Waals surface area contributed by atoms with Gasteiger partial charge in [0.2, 0.25) is 5.91 Å². The smallest absolute Gasteiger partial charge is 0.387 e. The van der Waals surface area contributed by atoms with E-state index < -0.39 is 12.7 Å². The van der Waals surface area contributed by atoms with Gasteiger partial charge in [0.25, 0.3) is 0 Å². The standard InChI is InChI=1S/C22H24F2N2O4/c1-3-17(16-7-4-5-8-18(16)30-22(23)24)26-21(27)9-6-12-29-19-11-10-15(14-25)13-20(19)28-2/h4-5,7-8,10-11,13,17,22H,3,6,9,12H2,1-2H3,(H,26,27). The summed E-state index contributed by atoms with van der Waals surface area (Å²) < 4.78 is 40.6. The molecule has 1 amide bonds. The third-order valence-corrected chi connectivity index (χ3v) is 4.35. The number of para-hydroxylation sites is 1. The molecule has 0 aliphatic rings. The molecule has 0 aliphatic heterocycles. The van der Waals surface area contributed by atoms with Crippen molar-refractivity contribution in [1.82, 2.24) is 5.32 Å². The van der Waals surface area contributed by atoms with Crippen molar-refractivity contribution in [2.75, 3.05) is 13.7 Å². The van der Waals surface area contributed by atoms with Gasteiger partial charge in [-0.25, -0.2) is 0 Å². The van der Waals surface area contributed by atoms with Gasteiger partial charge >= 0.3 is 6.61 Å². The number of alkyl halides is 2. The number of amides is 1. The Morgan fingerprint density at radius 2 is 1.93 bits per heavy atom. The SMILES string of the molecule is CCC(NC(=O)CCCOc1ccc(C#N)cc1OC)c1ccccc1OC(F)F. The van der Waals surface area contributed by atoms with Crippen LogP contribution in [0.4, 0.5) is 8.78 Å². The van der Waals surface area contributed by atoms with Crippen LogP contribution >= 0.6 is 0 Å². The predicted octanol–water partition coefficient (Wildman–Crippen LogP) is 4.59. The van der Waals surface area contributed by atoms with Crippen LogP contribution in [0, 0.1) is 11.3 Å².